The number of aliphatic hydroxyl groups excluding tert-OH is 2. The fraction of sp³-hybridized carbons (Fsp3) is 0.727. The highest BCUT2D eigenvalue weighted by molar-refractivity contribution is 5.16. The molecule has 13 nitrogen and oxygen atoms in total. The first-order valence-corrected chi connectivity index (χ1v) is 11.6. The van der Waals surface area contributed by atoms with Gasteiger partial charge >= 0.3 is 0 Å². The number of ether oxygens (including phenoxy) is 6. The van der Waals surface area contributed by atoms with Gasteiger partial charge < -0.3 is 50.1 Å². The first-order valence-electron chi connectivity index (χ1n) is 11.6. The number of aliphatic hydroxyl groups is 2. The molecule has 3 heterocycles. The van der Waals surface area contributed by atoms with E-state index in [9.17, 15) is 10.2 Å². The topological polar surface area (TPSA) is 197 Å². The Balaban J connectivity index is 1.33. The lowest BCUT2D eigenvalue weighted by atomic mass is 9.90. The predicted molar refractivity (Wildman–Crippen MR) is 120 cm³/mol. The van der Waals surface area contributed by atoms with Crippen molar-refractivity contribution in [2.45, 2.75) is 68.4 Å². The van der Waals surface area contributed by atoms with Crippen molar-refractivity contribution < 1.29 is 38.6 Å². The standard InChI is InChI=1S/C22H33N5O8/c1-11-13(33-21(15(23)17(11)28)30-8-7-26-27-25)9-32-22-16(24)18(29)19-14(34-22)10-31-20(35-19)12-5-3-2-4-6-12/h2-6,11,13-22,28-29H,7-10,23-24H2,1H3/t11-,13?,14?,15?,16?,17+,18-,19-,20?,21-,22-/m1/s1. The van der Waals surface area contributed by atoms with Crippen LogP contribution in [0.3, 0.4) is 0 Å². The van der Waals surface area contributed by atoms with Crippen LogP contribution in [0, 0.1) is 5.92 Å². The van der Waals surface area contributed by atoms with Crippen LogP contribution in [0.1, 0.15) is 18.8 Å². The van der Waals surface area contributed by atoms with E-state index in [0.717, 1.165) is 5.56 Å². The maximum absolute atomic E-state index is 10.8. The Bertz CT molecular complexity index is 860. The lowest BCUT2D eigenvalue weighted by Gasteiger charge is -2.47. The molecule has 0 bridgehead atoms. The molecule has 0 spiro atoms. The molecule has 4 rings (SSSR count). The lowest BCUT2D eigenvalue weighted by Crippen LogP contribution is -2.65. The Hall–Kier alpha value is -1.87. The van der Waals surface area contributed by atoms with Crippen molar-refractivity contribution in [3.63, 3.8) is 0 Å². The maximum atomic E-state index is 10.8. The van der Waals surface area contributed by atoms with Crippen LogP contribution in [0.25, 0.3) is 10.4 Å². The second kappa shape index (κ2) is 11.9. The number of rotatable bonds is 8. The number of azide groups is 1. The molecular formula is C22H33N5O8. The highest BCUT2D eigenvalue weighted by Crippen LogP contribution is 2.34. The number of benzene rings is 1. The quantitative estimate of drug-likeness (QED) is 0.164. The van der Waals surface area contributed by atoms with Crippen molar-refractivity contribution in [3.8, 4) is 0 Å². The highest BCUT2D eigenvalue weighted by atomic mass is 16.8. The third-order valence-electron chi connectivity index (χ3n) is 6.59. The first kappa shape index (κ1) is 26.2. The van der Waals surface area contributed by atoms with Gasteiger partial charge in [0.1, 0.15) is 18.3 Å². The Labute approximate surface area is 202 Å². The average Bonchev–Trinajstić information content (AvgIpc) is 2.88. The van der Waals surface area contributed by atoms with Gasteiger partial charge in [-0.25, -0.2) is 0 Å². The van der Waals surface area contributed by atoms with Crippen LogP contribution >= 0.6 is 0 Å². The molecule has 5 unspecified atom stereocenters. The number of nitrogens with zero attached hydrogens (tertiary/aromatic N) is 3. The van der Waals surface area contributed by atoms with Gasteiger partial charge in [-0.3, -0.25) is 0 Å². The molecule has 194 valence electrons. The normalized spacial score (nSPS) is 41.6. The number of hydrogen-bond donors (Lipinski definition) is 4. The lowest BCUT2D eigenvalue weighted by molar-refractivity contribution is -0.347. The summed E-state index contributed by atoms with van der Waals surface area (Å²) in [4.78, 5) is 2.66. The van der Waals surface area contributed by atoms with Gasteiger partial charge in [0.25, 0.3) is 0 Å². The van der Waals surface area contributed by atoms with Crippen molar-refractivity contribution in [1.82, 2.24) is 0 Å². The maximum Gasteiger partial charge on any atom is 0.184 e. The number of hydrogen-bond acceptors (Lipinski definition) is 11. The molecule has 0 saturated carbocycles. The predicted octanol–water partition coefficient (Wildman–Crippen LogP) is -0.0936. The molecule has 3 aliphatic heterocycles. The van der Waals surface area contributed by atoms with Gasteiger partial charge in [-0.05, 0) is 5.53 Å². The number of nitrogens with two attached hydrogens (primary N) is 2. The molecule has 6 N–H and O–H groups in total. The van der Waals surface area contributed by atoms with Crippen molar-refractivity contribution in [1.29, 1.82) is 0 Å². The summed E-state index contributed by atoms with van der Waals surface area (Å²) in [5.74, 6) is -0.368. The third-order valence-corrected chi connectivity index (χ3v) is 6.59. The van der Waals surface area contributed by atoms with Gasteiger partial charge in [0.15, 0.2) is 18.9 Å². The molecule has 3 fully saturated rings. The average molecular weight is 496 g/mol. The molecule has 0 amide bonds. The Morgan fingerprint density at radius 2 is 1.77 bits per heavy atom. The summed E-state index contributed by atoms with van der Waals surface area (Å²) in [6.07, 6.45) is -6.27. The van der Waals surface area contributed by atoms with Gasteiger partial charge in [0.2, 0.25) is 0 Å². The van der Waals surface area contributed by atoms with Crippen LogP contribution in [0.2, 0.25) is 0 Å². The van der Waals surface area contributed by atoms with Gasteiger partial charge in [-0.2, -0.15) is 0 Å². The summed E-state index contributed by atoms with van der Waals surface area (Å²) < 4.78 is 35.1. The minimum Gasteiger partial charge on any atom is -0.391 e. The second-order valence-electron chi connectivity index (χ2n) is 8.92. The molecule has 11 atom stereocenters. The summed E-state index contributed by atoms with van der Waals surface area (Å²) in [6.45, 7) is 2.19. The molecule has 3 aliphatic rings. The Kier molecular flexibility index (Phi) is 8.92. The molecule has 0 aromatic heterocycles. The van der Waals surface area contributed by atoms with Crippen LogP contribution in [-0.4, -0.2) is 91.8 Å². The molecule has 3 saturated heterocycles. The summed E-state index contributed by atoms with van der Waals surface area (Å²) in [6, 6.07) is 7.76. The molecule has 0 aliphatic carbocycles. The van der Waals surface area contributed by atoms with E-state index in [1.54, 1.807) is 6.92 Å². The zero-order valence-corrected chi connectivity index (χ0v) is 19.4. The van der Waals surface area contributed by atoms with E-state index in [0.29, 0.717) is 0 Å². The molecule has 0 radical (unpaired) electrons. The van der Waals surface area contributed by atoms with Crippen LogP contribution < -0.4 is 11.5 Å². The largest absolute Gasteiger partial charge is 0.391 e. The van der Waals surface area contributed by atoms with E-state index >= 15 is 0 Å². The SMILES string of the molecule is C[C@@H]1C(CO[C@@H]2OC3COC(c4ccccc4)O[C@H]3[C@H](O)C2N)O[C@@H](OCCN=[N+]=[N-])C(N)[C@H]1O. The van der Waals surface area contributed by atoms with Crippen molar-refractivity contribution in [3.05, 3.63) is 46.3 Å². The summed E-state index contributed by atoms with van der Waals surface area (Å²) in [7, 11) is 0. The molecule has 35 heavy (non-hydrogen) atoms. The Morgan fingerprint density at radius 3 is 2.51 bits per heavy atom. The van der Waals surface area contributed by atoms with E-state index in [4.69, 9.17) is 45.4 Å². The molecular weight excluding hydrogens is 462 g/mol. The van der Waals surface area contributed by atoms with Crippen molar-refractivity contribution in [2.75, 3.05) is 26.4 Å². The monoisotopic (exact) mass is 495 g/mol. The van der Waals surface area contributed by atoms with Crippen LogP contribution in [0.4, 0.5) is 0 Å². The zero-order chi connectivity index (χ0) is 24.9. The summed E-state index contributed by atoms with van der Waals surface area (Å²) >= 11 is 0. The minimum absolute atomic E-state index is 0.0119. The van der Waals surface area contributed by atoms with E-state index in [-0.39, 0.29) is 32.3 Å². The van der Waals surface area contributed by atoms with E-state index < -0.39 is 61.5 Å². The number of fused-ring (bicyclic) bond motifs is 1. The van der Waals surface area contributed by atoms with Crippen LogP contribution in [-0.2, 0) is 28.4 Å². The van der Waals surface area contributed by atoms with Gasteiger partial charge in [-0.15, -0.1) is 0 Å². The minimum atomic E-state index is -1.05. The summed E-state index contributed by atoms with van der Waals surface area (Å²) in [5, 5.41) is 24.8. The van der Waals surface area contributed by atoms with E-state index in [2.05, 4.69) is 10.0 Å². The smallest absolute Gasteiger partial charge is 0.184 e. The molecule has 13 heteroatoms. The van der Waals surface area contributed by atoms with E-state index in [1.807, 2.05) is 30.3 Å². The molecule has 1 aromatic rings. The van der Waals surface area contributed by atoms with Gasteiger partial charge in [0.05, 0.1) is 44.1 Å². The third kappa shape index (κ3) is 5.93. The molecule has 1 aromatic carbocycles. The first-order chi connectivity index (χ1) is 16.9. The Morgan fingerprint density at radius 1 is 1.06 bits per heavy atom. The van der Waals surface area contributed by atoms with Gasteiger partial charge in [-0.1, -0.05) is 42.4 Å². The van der Waals surface area contributed by atoms with Crippen molar-refractivity contribution in [2.24, 2.45) is 22.5 Å². The van der Waals surface area contributed by atoms with Crippen LogP contribution in [0.15, 0.2) is 35.4 Å². The summed E-state index contributed by atoms with van der Waals surface area (Å²) in [5.41, 5.74) is 21.5. The van der Waals surface area contributed by atoms with Gasteiger partial charge in [0, 0.05) is 22.9 Å². The fourth-order valence-electron chi connectivity index (χ4n) is 4.45. The highest BCUT2D eigenvalue weighted by Gasteiger charge is 2.49. The second-order valence-corrected chi connectivity index (χ2v) is 8.92. The van der Waals surface area contributed by atoms with Crippen LogP contribution in [0.5, 0.6) is 0 Å². The van der Waals surface area contributed by atoms with Crippen molar-refractivity contribution >= 4 is 0 Å². The van der Waals surface area contributed by atoms with E-state index in [1.165, 1.54) is 0 Å². The fourth-order valence-corrected chi connectivity index (χ4v) is 4.45. The zero-order valence-electron chi connectivity index (χ0n) is 19.4.